The average Bonchev–Trinajstić information content (AvgIpc) is 2.30. The van der Waals surface area contributed by atoms with E-state index in [1.165, 1.54) is 0 Å². The van der Waals surface area contributed by atoms with E-state index in [-0.39, 0.29) is 5.91 Å². The summed E-state index contributed by atoms with van der Waals surface area (Å²) in [5.74, 6) is -0.0230. The number of hydrogen-bond acceptors (Lipinski definition) is 3. The molecule has 0 bridgehead atoms. The molecule has 0 aromatic heterocycles. The topological polar surface area (TPSA) is 64.3 Å². The Morgan fingerprint density at radius 1 is 1.41 bits per heavy atom. The third-order valence-electron chi connectivity index (χ3n) is 2.23. The van der Waals surface area contributed by atoms with Gasteiger partial charge in [0, 0.05) is 19.2 Å². The average molecular weight is 252 g/mol. The van der Waals surface area contributed by atoms with Gasteiger partial charge in [-0.15, -0.1) is 0 Å². The van der Waals surface area contributed by atoms with Gasteiger partial charge in [-0.05, 0) is 5.56 Å². The predicted molar refractivity (Wildman–Crippen MR) is 70.9 cm³/mol. The Morgan fingerprint density at radius 2 is 2.06 bits per heavy atom. The highest BCUT2D eigenvalue weighted by molar-refractivity contribution is 7.80. The molecule has 0 unspecified atom stereocenters. The lowest BCUT2D eigenvalue weighted by Crippen LogP contribution is -2.28. The molecule has 0 atom stereocenters. The molecule has 0 spiro atoms. The molecule has 0 radical (unpaired) electrons. The number of nitrogens with two attached hydrogens (primary N) is 1. The Labute approximate surface area is 106 Å². The van der Waals surface area contributed by atoms with Crippen LogP contribution >= 0.6 is 12.2 Å². The van der Waals surface area contributed by atoms with Crippen LogP contribution in [0.2, 0.25) is 0 Å². The molecule has 0 heterocycles. The summed E-state index contributed by atoms with van der Waals surface area (Å²) in [6.07, 6.45) is 0.349. The van der Waals surface area contributed by atoms with Crippen molar-refractivity contribution in [3.8, 4) is 0 Å². The van der Waals surface area contributed by atoms with E-state index in [1.54, 1.807) is 7.11 Å². The second-order valence-electron chi connectivity index (χ2n) is 3.58. The fraction of sp³-hybridized carbons (Fsp3) is 0.333. The molecule has 0 saturated heterocycles. The van der Waals surface area contributed by atoms with Crippen LogP contribution in [0.15, 0.2) is 24.3 Å². The van der Waals surface area contributed by atoms with Gasteiger partial charge < -0.3 is 15.8 Å². The summed E-state index contributed by atoms with van der Waals surface area (Å²) in [4.78, 5) is 11.9. The molecular weight excluding hydrogens is 236 g/mol. The molecule has 1 amide bonds. The van der Waals surface area contributed by atoms with Gasteiger partial charge in [0.1, 0.15) is 4.99 Å². The van der Waals surface area contributed by atoms with Crippen molar-refractivity contribution in [3.63, 3.8) is 0 Å². The Balaban J connectivity index is 2.46. The summed E-state index contributed by atoms with van der Waals surface area (Å²) in [5.41, 5.74) is 7.22. The Bertz CT molecular complexity index is 390. The molecule has 1 aromatic rings. The maximum atomic E-state index is 11.5. The van der Waals surface area contributed by atoms with Crippen LogP contribution in [0.3, 0.4) is 0 Å². The number of thiocarbonyl (C=S) groups is 1. The number of nitrogens with one attached hydrogen (secondary N) is 1. The minimum atomic E-state index is -0.0230. The molecule has 4 nitrogen and oxygen atoms in total. The van der Waals surface area contributed by atoms with Gasteiger partial charge in [-0.25, -0.2) is 0 Å². The third kappa shape index (κ3) is 4.93. The number of rotatable bonds is 6. The van der Waals surface area contributed by atoms with Crippen LogP contribution in [0.1, 0.15) is 11.1 Å². The van der Waals surface area contributed by atoms with Gasteiger partial charge in [0.2, 0.25) is 5.91 Å². The van der Waals surface area contributed by atoms with Crippen LogP contribution < -0.4 is 11.1 Å². The molecule has 92 valence electrons. The first-order chi connectivity index (χ1) is 8.13. The molecule has 17 heavy (non-hydrogen) atoms. The maximum Gasteiger partial charge on any atom is 0.224 e. The minimum absolute atomic E-state index is 0.0230. The summed E-state index contributed by atoms with van der Waals surface area (Å²) in [7, 11) is 1.60. The number of methoxy groups -OCH3 is 1. The molecule has 0 aliphatic heterocycles. The maximum absolute atomic E-state index is 11.5. The number of carbonyl (C=O) groups excluding carboxylic acids is 1. The Kier molecular flexibility index (Phi) is 5.59. The highest BCUT2D eigenvalue weighted by Crippen LogP contribution is 2.05. The summed E-state index contributed by atoms with van der Waals surface area (Å²) < 4.78 is 4.84. The highest BCUT2D eigenvalue weighted by atomic mass is 32.1. The number of benzene rings is 1. The van der Waals surface area contributed by atoms with Gasteiger partial charge in [-0.3, -0.25) is 4.79 Å². The molecule has 0 fully saturated rings. The van der Waals surface area contributed by atoms with Crippen LogP contribution in [0.4, 0.5) is 0 Å². The lowest BCUT2D eigenvalue weighted by atomic mass is 10.1. The highest BCUT2D eigenvalue weighted by Gasteiger charge is 2.03. The van der Waals surface area contributed by atoms with Crippen LogP contribution in [0, 0.1) is 0 Å². The molecule has 0 saturated carbocycles. The van der Waals surface area contributed by atoms with E-state index in [2.05, 4.69) is 5.32 Å². The largest absolute Gasteiger partial charge is 0.389 e. The lowest BCUT2D eigenvalue weighted by molar-refractivity contribution is -0.120. The number of amides is 1. The predicted octanol–water partition coefficient (Wildman–Crippen LogP) is 0.626. The van der Waals surface area contributed by atoms with Crippen molar-refractivity contribution in [1.29, 1.82) is 0 Å². The molecule has 0 aliphatic carbocycles. The zero-order valence-electron chi connectivity index (χ0n) is 9.73. The van der Waals surface area contributed by atoms with E-state index >= 15 is 0 Å². The van der Waals surface area contributed by atoms with Crippen molar-refractivity contribution < 1.29 is 9.53 Å². The smallest absolute Gasteiger partial charge is 0.224 e. The fourth-order valence-electron chi connectivity index (χ4n) is 1.33. The molecule has 1 rings (SSSR count). The summed E-state index contributed by atoms with van der Waals surface area (Å²) in [6.45, 7) is 1.05. The van der Waals surface area contributed by atoms with Crippen LogP contribution in [0.25, 0.3) is 0 Å². The van der Waals surface area contributed by atoms with Gasteiger partial charge in [0.05, 0.1) is 13.0 Å². The van der Waals surface area contributed by atoms with Gasteiger partial charge >= 0.3 is 0 Å². The van der Waals surface area contributed by atoms with E-state index in [1.807, 2.05) is 24.3 Å². The van der Waals surface area contributed by atoms with E-state index in [0.29, 0.717) is 24.6 Å². The van der Waals surface area contributed by atoms with Crippen LogP contribution in [-0.4, -0.2) is 31.2 Å². The Hall–Kier alpha value is -1.46. The van der Waals surface area contributed by atoms with Crippen LogP contribution in [-0.2, 0) is 16.0 Å². The van der Waals surface area contributed by atoms with Gasteiger partial charge in [0.25, 0.3) is 0 Å². The standard InChI is InChI=1S/C12H16N2O2S/c1-16-7-6-14-11(15)8-9-2-4-10(5-3-9)12(13)17/h2-5H,6-8H2,1H3,(H2,13,17)(H,14,15). The van der Waals surface area contributed by atoms with E-state index in [9.17, 15) is 4.79 Å². The van der Waals surface area contributed by atoms with E-state index in [0.717, 1.165) is 11.1 Å². The van der Waals surface area contributed by atoms with Crippen molar-refractivity contribution >= 4 is 23.1 Å². The van der Waals surface area contributed by atoms with Crippen molar-refractivity contribution in [2.75, 3.05) is 20.3 Å². The first-order valence-electron chi connectivity index (χ1n) is 5.28. The SMILES string of the molecule is COCCNC(=O)Cc1ccc(C(N)=S)cc1. The fourth-order valence-corrected chi connectivity index (χ4v) is 1.46. The molecule has 0 aliphatic rings. The first kappa shape index (κ1) is 13.6. The molecule has 3 N–H and O–H groups in total. The number of hydrogen-bond donors (Lipinski definition) is 2. The quantitative estimate of drug-likeness (QED) is 0.575. The lowest BCUT2D eigenvalue weighted by Gasteiger charge is -2.05. The van der Waals surface area contributed by atoms with Crippen LogP contribution in [0.5, 0.6) is 0 Å². The van der Waals surface area contributed by atoms with Crippen molar-refractivity contribution in [2.24, 2.45) is 5.73 Å². The van der Waals surface area contributed by atoms with Crippen molar-refractivity contribution in [3.05, 3.63) is 35.4 Å². The van der Waals surface area contributed by atoms with Crippen molar-refractivity contribution in [2.45, 2.75) is 6.42 Å². The number of ether oxygens (including phenoxy) is 1. The van der Waals surface area contributed by atoms with Gasteiger partial charge in [0.15, 0.2) is 0 Å². The summed E-state index contributed by atoms with van der Waals surface area (Å²) in [5, 5.41) is 2.76. The minimum Gasteiger partial charge on any atom is -0.389 e. The molecule has 1 aromatic carbocycles. The summed E-state index contributed by atoms with van der Waals surface area (Å²) >= 11 is 4.85. The summed E-state index contributed by atoms with van der Waals surface area (Å²) in [6, 6.07) is 7.34. The van der Waals surface area contributed by atoms with E-state index < -0.39 is 0 Å². The zero-order chi connectivity index (χ0) is 12.7. The Morgan fingerprint density at radius 3 is 2.59 bits per heavy atom. The first-order valence-corrected chi connectivity index (χ1v) is 5.68. The van der Waals surface area contributed by atoms with Gasteiger partial charge in [-0.2, -0.15) is 0 Å². The second kappa shape index (κ2) is 6.98. The normalized spacial score (nSPS) is 9.94. The van der Waals surface area contributed by atoms with E-state index in [4.69, 9.17) is 22.7 Å². The molecular formula is C12H16N2O2S. The monoisotopic (exact) mass is 252 g/mol. The van der Waals surface area contributed by atoms with Crippen molar-refractivity contribution in [1.82, 2.24) is 5.32 Å². The molecule has 5 heteroatoms. The zero-order valence-corrected chi connectivity index (χ0v) is 10.5. The van der Waals surface area contributed by atoms with Gasteiger partial charge in [-0.1, -0.05) is 36.5 Å². The second-order valence-corrected chi connectivity index (χ2v) is 4.02. The third-order valence-corrected chi connectivity index (χ3v) is 2.47. The number of carbonyl (C=O) groups is 1.